The number of hydrogen-bond donors (Lipinski definition) is 0. The Morgan fingerprint density at radius 1 is 1.17 bits per heavy atom. The van der Waals surface area contributed by atoms with Crippen LogP contribution in [-0.2, 0) is 6.54 Å². The maximum atomic E-state index is 4.46. The van der Waals surface area contributed by atoms with Crippen LogP contribution in [0.25, 0.3) is 10.7 Å². The summed E-state index contributed by atoms with van der Waals surface area (Å²) >= 11 is 1.73. The highest BCUT2D eigenvalue weighted by Gasteiger charge is 2.07. The molecular weight excluding hydrogens is 240 g/mol. The molecule has 0 amide bonds. The van der Waals surface area contributed by atoms with E-state index >= 15 is 0 Å². The Bertz CT molecular complexity index is 638. The summed E-state index contributed by atoms with van der Waals surface area (Å²) in [5.41, 5.74) is 2.66. The third-order valence-electron chi connectivity index (χ3n) is 3.06. The van der Waals surface area contributed by atoms with Gasteiger partial charge < -0.3 is 4.57 Å². The van der Waals surface area contributed by atoms with Gasteiger partial charge in [-0.25, -0.2) is 4.98 Å². The minimum absolute atomic E-state index is 0.875. The number of benzene rings is 1. The van der Waals surface area contributed by atoms with E-state index in [-0.39, 0.29) is 0 Å². The number of rotatable bonds is 3. The molecule has 0 N–H and O–H groups in total. The van der Waals surface area contributed by atoms with Crippen molar-refractivity contribution in [2.75, 3.05) is 0 Å². The molecule has 2 aromatic heterocycles. The minimum atomic E-state index is 0.875. The summed E-state index contributed by atoms with van der Waals surface area (Å²) in [4.78, 5) is 5.67. The van der Waals surface area contributed by atoms with E-state index < -0.39 is 0 Å². The zero-order valence-corrected chi connectivity index (χ0v) is 11.0. The molecule has 90 valence electrons. The highest BCUT2D eigenvalue weighted by atomic mass is 32.1. The van der Waals surface area contributed by atoms with Gasteiger partial charge in [0.25, 0.3) is 0 Å². The van der Waals surface area contributed by atoms with Crippen LogP contribution in [0.5, 0.6) is 0 Å². The second-order valence-corrected chi connectivity index (χ2v) is 5.23. The molecule has 0 saturated heterocycles. The largest absolute Gasteiger partial charge is 0.326 e. The Labute approximate surface area is 111 Å². The zero-order valence-electron chi connectivity index (χ0n) is 10.2. The van der Waals surface area contributed by atoms with E-state index in [0.29, 0.717) is 0 Å². The van der Waals surface area contributed by atoms with Crippen molar-refractivity contribution in [3.05, 3.63) is 65.3 Å². The van der Waals surface area contributed by atoms with Gasteiger partial charge in [0.15, 0.2) is 0 Å². The third-order valence-corrected chi connectivity index (χ3v) is 3.92. The summed E-state index contributed by atoms with van der Waals surface area (Å²) in [6, 6.07) is 12.7. The van der Waals surface area contributed by atoms with E-state index in [1.165, 1.54) is 16.0 Å². The molecule has 2 nitrogen and oxygen atoms in total. The van der Waals surface area contributed by atoms with Crippen molar-refractivity contribution in [3.63, 3.8) is 0 Å². The predicted octanol–water partition coefficient (Wildman–Crippen LogP) is 3.97. The summed E-state index contributed by atoms with van der Waals surface area (Å²) in [7, 11) is 0. The van der Waals surface area contributed by atoms with Crippen LogP contribution < -0.4 is 0 Å². The molecular formula is C15H14N2S. The van der Waals surface area contributed by atoms with E-state index in [2.05, 4.69) is 58.3 Å². The van der Waals surface area contributed by atoms with Crippen LogP contribution in [0.15, 0.2) is 54.2 Å². The first-order valence-corrected chi connectivity index (χ1v) is 6.82. The second kappa shape index (κ2) is 4.78. The topological polar surface area (TPSA) is 17.8 Å². The lowest BCUT2D eigenvalue weighted by molar-refractivity contribution is 0.803. The average molecular weight is 254 g/mol. The maximum Gasteiger partial charge on any atom is 0.150 e. The van der Waals surface area contributed by atoms with Gasteiger partial charge in [-0.2, -0.15) is 0 Å². The van der Waals surface area contributed by atoms with Crippen molar-refractivity contribution < 1.29 is 0 Å². The molecule has 18 heavy (non-hydrogen) atoms. The summed E-state index contributed by atoms with van der Waals surface area (Å²) in [5.74, 6) is 1.05. The molecule has 0 saturated carbocycles. The fourth-order valence-electron chi connectivity index (χ4n) is 2.04. The van der Waals surface area contributed by atoms with Gasteiger partial charge in [0.05, 0.1) is 4.88 Å². The Morgan fingerprint density at radius 3 is 2.83 bits per heavy atom. The summed E-state index contributed by atoms with van der Waals surface area (Å²) in [5, 5.41) is 2.09. The van der Waals surface area contributed by atoms with Crippen molar-refractivity contribution in [3.8, 4) is 10.7 Å². The van der Waals surface area contributed by atoms with Crippen LogP contribution in [0.1, 0.15) is 11.1 Å². The molecule has 0 aliphatic rings. The smallest absolute Gasteiger partial charge is 0.150 e. The van der Waals surface area contributed by atoms with Crippen molar-refractivity contribution in [1.29, 1.82) is 0 Å². The van der Waals surface area contributed by atoms with Gasteiger partial charge in [0.2, 0.25) is 0 Å². The fraction of sp³-hybridized carbons (Fsp3) is 0.133. The van der Waals surface area contributed by atoms with E-state index in [4.69, 9.17) is 0 Å². The quantitative estimate of drug-likeness (QED) is 0.691. The Morgan fingerprint density at radius 2 is 2.06 bits per heavy atom. The Balaban J connectivity index is 1.95. The van der Waals surface area contributed by atoms with Gasteiger partial charge in [-0.3, -0.25) is 0 Å². The first kappa shape index (κ1) is 11.2. The molecule has 0 radical (unpaired) electrons. The van der Waals surface area contributed by atoms with Crippen LogP contribution in [0.4, 0.5) is 0 Å². The molecule has 1 aromatic carbocycles. The van der Waals surface area contributed by atoms with Crippen LogP contribution in [-0.4, -0.2) is 9.55 Å². The molecule has 0 spiro atoms. The number of aromatic nitrogens is 2. The number of nitrogens with zero attached hydrogens (tertiary/aromatic N) is 2. The van der Waals surface area contributed by atoms with E-state index in [1.54, 1.807) is 11.3 Å². The lowest BCUT2D eigenvalue weighted by Crippen LogP contribution is -2.01. The molecule has 3 rings (SSSR count). The third kappa shape index (κ3) is 2.09. The lowest BCUT2D eigenvalue weighted by Gasteiger charge is -2.09. The van der Waals surface area contributed by atoms with E-state index in [1.807, 2.05) is 12.4 Å². The highest BCUT2D eigenvalue weighted by molar-refractivity contribution is 7.13. The van der Waals surface area contributed by atoms with E-state index in [9.17, 15) is 0 Å². The predicted molar refractivity (Wildman–Crippen MR) is 75.8 cm³/mol. The Kier molecular flexibility index (Phi) is 2.99. The number of imidazole rings is 1. The molecule has 0 aliphatic carbocycles. The van der Waals surface area contributed by atoms with Gasteiger partial charge in [0.1, 0.15) is 5.82 Å². The highest BCUT2D eigenvalue weighted by Crippen LogP contribution is 2.23. The molecule has 0 atom stereocenters. The summed E-state index contributed by atoms with van der Waals surface area (Å²) in [6.45, 7) is 3.02. The first-order chi connectivity index (χ1) is 8.84. The monoisotopic (exact) mass is 254 g/mol. The maximum absolute atomic E-state index is 4.46. The van der Waals surface area contributed by atoms with Crippen molar-refractivity contribution >= 4 is 11.3 Å². The molecule has 2 heterocycles. The molecule has 0 unspecified atom stereocenters. The number of thiophene rings is 1. The van der Waals surface area contributed by atoms with Gasteiger partial charge in [0, 0.05) is 18.9 Å². The van der Waals surface area contributed by atoms with Crippen LogP contribution in [0.3, 0.4) is 0 Å². The molecule has 3 aromatic rings. The summed E-state index contributed by atoms with van der Waals surface area (Å²) < 4.78 is 2.20. The second-order valence-electron chi connectivity index (χ2n) is 4.28. The van der Waals surface area contributed by atoms with Crippen molar-refractivity contribution in [2.24, 2.45) is 0 Å². The van der Waals surface area contributed by atoms with Gasteiger partial charge in [-0.05, 0) is 29.5 Å². The standard InChI is InChI=1S/C15H14N2S/c1-12-5-2-3-6-13(12)11-17-9-8-16-15(17)14-7-4-10-18-14/h2-10H,11H2,1H3. The number of hydrogen-bond acceptors (Lipinski definition) is 2. The minimum Gasteiger partial charge on any atom is -0.326 e. The average Bonchev–Trinajstić information content (AvgIpc) is 3.02. The summed E-state index contributed by atoms with van der Waals surface area (Å²) in [6.07, 6.45) is 3.91. The van der Waals surface area contributed by atoms with Gasteiger partial charge in [-0.1, -0.05) is 30.3 Å². The zero-order chi connectivity index (χ0) is 12.4. The van der Waals surface area contributed by atoms with Crippen molar-refractivity contribution in [2.45, 2.75) is 13.5 Å². The normalized spacial score (nSPS) is 10.7. The lowest BCUT2D eigenvalue weighted by atomic mass is 10.1. The van der Waals surface area contributed by atoms with E-state index in [0.717, 1.165) is 12.4 Å². The number of aryl methyl sites for hydroxylation is 1. The van der Waals surface area contributed by atoms with Crippen LogP contribution in [0.2, 0.25) is 0 Å². The first-order valence-electron chi connectivity index (χ1n) is 5.94. The van der Waals surface area contributed by atoms with Gasteiger partial charge in [-0.15, -0.1) is 11.3 Å². The van der Waals surface area contributed by atoms with Crippen LogP contribution >= 0.6 is 11.3 Å². The molecule has 3 heteroatoms. The van der Waals surface area contributed by atoms with Crippen molar-refractivity contribution in [1.82, 2.24) is 9.55 Å². The molecule has 0 aliphatic heterocycles. The Hall–Kier alpha value is -1.87. The van der Waals surface area contributed by atoms with Crippen LogP contribution in [0, 0.1) is 6.92 Å². The molecule has 0 bridgehead atoms. The fourth-order valence-corrected chi connectivity index (χ4v) is 2.77. The van der Waals surface area contributed by atoms with Gasteiger partial charge >= 0.3 is 0 Å². The molecule has 0 fully saturated rings. The SMILES string of the molecule is Cc1ccccc1Cn1ccnc1-c1cccs1.